The predicted molar refractivity (Wildman–Crippen MR) is 195 cm³/mol. The topological polar surface area (TPSA) is 117 Å². The molecule has 2 bridgehead atoms. The molecule has 5 rings (SSSR count). The van der Waals surface area contributed by atoms with E-state index >= 15 is 0 Å². The van der Waals surface area contributed by atoms with Gasteiger partial charge in [-0.1, -0.05) is 76.6 Å². The summed E-state index contributed by atoms with van der Waals surface area (Å²) in [5.74, 6) is -3.64. The second kappa shape index (κ2) is 15.2. The number of rotatable bonds is 14. The Morgan fingerprint density at radius 3 is 2.36 bits per heavy atom. The number of ether oxygens (including phenoxy) is 2. The van der Waals surface area contributed by atoms with Gasteiger partial charge in [0, 0.05) is 30.5 Å². The van der Waals surface area contributed by atoms with Crippen molar-refractivity contribution in [1.82, 2.24) is 9.80 Å². The van der Waals surface area contributed by atoms with Gasteiger partial charge >= 0.3 is 5.97 Å². The molecule has 0 saturated carbocycles. The highest BCUT2D eigenvalue weighted by atomic mass is 79.9. The molecule has 1 unspecified atom stereocenters. The number of aliphatic hydroxyl groups excluding tert-OH is 1. The molecule has 0 aromatic heterocycles. The van der Waals surface area contributed by atoms with Crippen LogP contribution in [-0.4, -0.2) is 93.5 Å². The van der Waals surface area contributed by atoms with Gasteiger partial charge in [0.15, 0.2) is 0 Å². The summed E-state index contributed by atoms with van der Waals surface area (Å²) in [5, 5.41) is 10.4. The number of benzene rings is 2. The fraction of sp³-hybridized carbons (Fsp3) is 0.487. The van der Waals surface area contributed by atoms with Crippen LogP contribution in [0.5, 0.6) is 0 Å². The molecule has 2 aromatic rings. The summed E-state index contributed by atoms with van der Waals surface area (Å²) < 4.78 is 13.1. The van der Waals surface area contributed by atoms with E-state index in [1.807, 2.05) is 69.3 Å². The second-order valence-electron chi connectivity index (χ2n) is 13.8. The normalized spacial score (nSPS) is 26.9. The van der Waals surface area contributed by atoms with Gasteiger partial charge < -0.3 is 29.3 Å². The van der Waals surface area contributed by atoms with Crippen molar-refractivity contribution in [2.24, 2.45) is 11.8 Å². The number of amides is 3. The lowest BCUT2D eigenvalue weighted by molar-refractivity contribution is -0.165. The van der Waals surface area contributed by atoms with Gasteiger partial charge in [-0.15, -0.1) is 13.2 Å². The van der Waals surface area contributed by atoms with Crippen LogP contribution in [0.25, 0.3) is 0 Å². The van der Waals surface area contributed by atoms with Crippen LogP contribution in [0.2, 0.25) is 0 Å². The fourth-order valence-electron chi connectivity index (χ4n) is 8.10. The van der Waals surface area contributed by atoms with Crippen molar-refractivity contribution in [3.63, 3.8) is 0 Å². The smallest absolute Gasteiger partial charge is 0.313 e. The molecular weight excluding hydrogens is 702 g/mol. The molecule has 10 nitrogen and oxygen atoms in total. The molecule has 1 N–H and O–H groups in total. The van der Waals surface area contributed by atoms with E-state index in [9.17, 15) is 24.3 Å². The van der Waals surface area contributed by atoms with Crippen molar-refractivity contribution >= 4 is 45.3 Å². The van der Waals surface area contributed by atoms with E-state index in [4.69, 9.17) is 9.47 Å². The van der Waals surface area contributed by atoms with Crippen molar-refractivity contribution in [1.29, 1.82) is 0 Å². The van der Waals surface area contributed by atoms with Crippen LogP contribution in [-0.2, 0) is 28.7 Å². The molecule has 3 saturated heterocycles. The Morgan fingerprint density at radius 1 is 1.10 bits per heavy atom. The lowest BCUT2D eigenvalue weighted by Gasteiger charge is -2.39. The van der Waals surface area contributed by atoms with E-state index in [1.54, 1.807) is 35.9 Å². The summed E-state index contributed by atoms with van der Waals surface area (Å²) in [6.45, 7) is 14.8. The minimum Gasteiger partial charge on any atom is -0.455 e. The number of nitrogens with zero attached hydrogens (tertiary/aromatic N) is 3. The molecule has 3 amide bonds. The van der Waals surface area contributed by atoms with Gasteiger partial charge in [0.2, 0.25) is 11.8 Å². The minimum absolute atomic E-state index is 0.119. The zero-order chi connectivity index (χ0) is 36.5. The summed E-state index contributed by atoms with van der Waals surface area (Å²) in [6, 6.07) is 12.6. The molecule has 3 aliphatic rings. The first-order valence-electron chi connectivity index (χ1n) is 17.2. The van der Waals surface area contributed by atoms with Gasteiger partial charge in [-0.3, -0.25) is 19.2 Å². The van der Waals surface area contributed by atoms with Gasteiger partial charge in [-0.2, -0.15) is 0 Å². The Kier molecular flexibility index (Phi) is 11.4. The van der Waals surface area contributed by atoms with Crippen molar-refractivity contribution in [2.75, 3.05) is 25.1 Å². The molecule has 50 heavy (non-hydrogen) atoms. The Bertz CT molecular complexity index is 1610. The van der Waals surface area contributed by atoms with Crippen molar-refractivity contribution in [2.45, 2.75) is 87.7 Å². The fourth-order valence-corrected chi connectivity index (χ4v) is 9.04. The molecular formula is C39H48BrN3O7. The van der Waals surface area contributed by atoms with Crippen molar-refractivity contribution in [3.05, 3.63) is 90.5 Å². The predicted octanol–water partition coefficient (Wildman–Crippen LogP) is 5.05. The quantitative estimate of drug-likeness (QED) is 0.163. The Morgan fingerprint density at radius 2 is 1.76 bits per heavy atom. The number of hydrogen-bond acceptors (Lipinski definition) is 7. The molecule has 2 aromatic carbocycles. The number of anilines is 1. The summed E-state index contributed by atoms with van der Waals surface area (Å²) in [4.78, 5) is 61.4. The number of alkyl halides is 1. The number of para-hydroxylation sites is 1. The molecule has 0 aliphatic carbocycles. The van der Waals surface area contributed by atoms with E-state index in [-0.39, 0.29) is 36.2 Å². The van der Waals surface area contributed by atoms with Crippen LogP contribution < -0.4 is 4.90 Å². The lowest BCUT2D eigenvalue weighted by atomic mass is 9.70. The minimum atomic E-state index is -1.36. The summed E-state index contributed by atoms with van der Waals surface area (Å²) in [5.41, 5.74) is 1.81. The zero-order valence-electron chi connectivity index (χ0n) is 29.5. The maximum absolute atomic E-state index is 14.9. The van der Waals surface area contributed by atoms with Crippen LogP contribution in [0.1, 0.15) is 55.9 Å². The number of aliphatic hydroxyl groups is 1. The van der Waals surface area contributed by atoms with Crippen LogP contribution in [0.4, 0.5) is 5.69 Å². The first kappa shape index (κ1) is 37.5. The first-order valence-corrected chi connectivity index (χ1v) is 18.1. The maximum atomic E-state index is 14.9. The standard InChI is InChI=1S/C39H48BrN3O7/c1-8-10-19-29(45)41(7)26(6)33(27-17-12-11-13-18-27)49-38(48)30-31-36(46)43(25(5)22-44)35(39(31)21-28(40)34(30)50-39)37(47)42(20-9-2)32-23(3)15-14-16-24(32)4/h8-9,11-18,25-26,28,30-31,33-35,44H,1-2,10,19-22H2,3-7H3/t25-,26+,28?,30+,31-,33-,34+,35+,39-/m1/s1. The van der Waals surface area contributed by atoms with Crippen LogP contribution in [0.3, 0.4) is 0 Å². The summed E-state index contributed by atoms with van der Waals surface area (Å²) >= 11 is 3.73. The van der Waals surface area contributed by atoms with E-state index in [2.05, 4.69) is 29.1 Å². The van der Waals surface area contributed by atoms with Gasteiger partial charge in [-0.05, 0) is 57.2 Å². The van der Waals surface area contributed by atoms with Crippen LogP contribution >= 0.6 is 15.9 Å². The third-order valence-corrected chi connectivity index (χ3v) is 11.5. The van der Waals surface area contributed by atoms with Crippen molar-refractivity contribution in [3.8, 4) is 0 Å². The SMILES string of the molecule is C=CCCC(=O)N(C)[C@@H](C)[C@@H](OC(=O)[C@@H]1[C@H]2O[C@@]3(CC2Br)[C@H](C(=O)N(CC=C)c2c(C)cccc2C)N([C@H](C)CO)C(=O)[C@@H]13)c1ccccc1. The highest BCUT2D eigenvalue weighted by Gasteiger charge is 2.77. The Balaban J connectivity index is 1.54. The van der Waals surface area contributed by atoms with Gasteiger partial charge in [0.25, 0.3) is 5.91 Å². The summed E-state index contributed by atoms with van der Waals surface area (Å²) in [7, 11) is 1.68. The average molecular weight is 751 g/mol. The van der Waals surface area contributed by atoms with E-state index in [1.165, 1.54) is 4.90 Å². The Labute approximate surface area is 303 Å². The number of carbonyl (C=O) groups excluding carboxylic acids is 4. The number of fused-ring (bicyclic) bond motifs is 1. The van der Waals surface area contributed by atoms with Crippen LogP contribution in [0, 0.1) is 25.7 Å². The highest BCUT2D eigenvalue weighted by Crippen LogP contribution is 2.61. The number of likely N-dealkylation sites (N-methyl/N-ethyl adjacent to an activating group) is 1. The number of esters is 1. The molecule has 268 valence electrons. The molecule has 11 heteroatoms. The zero-order valence-corrected chi connectivity index (χ0v) is 31.0. The van der Waals surface area contributed by atoms with Gasteiger partial charge in [0.1, 0.15) is 17.7 Å². The highest BCUT2D eigenvalue weighted by molar-refractivity contribution is 9.09. The first-order chi connectivity index (χ1) is 23.8. The number of carbonyl (C=O) groups is 4. The number of aryl methyl sites for hydroxylation is 2. The Hall–Kier alpha value is -3.80. The number of likely N-dealkylation sites (tertiary alicyclic amines) is 1. The third kappa shape index (κ3) is 6.44. The monoisotopic (exact) mass is 749 g/mol. The maximum Gasteiger partial charge on any atom is 0.313 e. The van der Waals surface area contributed by atoms with E-state index in [0.717, 1.165) is 11.1 Å². The second-order valence-corrected chi connectivity index (χ2v) is 14.9. The summed E-state index contributed by atoms with van der Waals surface area (Å²) in [6.07, 6.45) is 2.81. The van der Waals surface area contributed by atoms with Gasteiger partial charge in [-0.25, -0.2) is 0 Å². The van der Waals surface area contributed by atoms with Crippen LogP contribution in [0.15, 0.2) is 73.8 Å². The molecule has 3 fully saturated rings. The molecule has 3 heterocycles. The molecule has 9 atom stereocenters. The number of halogens is 1. The number of allylic oxidation sites excluding steroid dienone is 1. The average Bonchev–Trinajstić information content (AvgIpc) is 3.71. The largest absolute Gasteiger partial charge is 0.455 e. The lowest BCUT2D eigenvalue weighted by Crippen LogP contribution is -2.59. The van der Waals surface area contributed by atoms with E-state index < -0.39 is 59.6 Å². The molecule has 1 spiro atoms. The third-order valence-electron chi connectivity index (χ3n) is 10.6. The molecule has 0 radical (unpaired) electrons. The number of hydrogen-bond donors (Lipinski definition) is 1. The van der Waals surface area contributed by atoms with Gasteiger partial charge in [0.05, 0.1) is 36.6 Å². The van der Waals surface area contributed by atoms with Crippen molar-refractivity contribution < 1.29 is 33.8 Å². The molecule has 3 aliphatic heterocycles. The van der Waals surface area contributed by atoms with E-state index in [0.29, 0.717) is 24.1 Å².